The van der Waals surface area contributed by atoms with E-state index in [1.165, 1.54) is 0 Å². The minimum absolute atomic E-state index is 0.00118. The number of pyridine rings is 1. The van der Waals surface area contributed by atoms with Crippen molar-refractivity contribution in [1.29, 1.82) is 0 Å². The zero-order valence-electron chi connectivity index (χ0n) is 19.9. The predicted octanol–water partition coefficient (Wildman–Crippen LogP) is 2.81. The first-order valence-electron chi connectivity index (χ1n) is 10.8. The molecular weight excluding hydrogens is 553 g/mol. The van der Waals surface area contributed by atoms with Crippen molar-refractivity contribution < 1.29 is 44.7 Å². The summed E-state index contributed by atoms with van der Waals surface area (Å²) in [6.07, 6.45) is -1.03. The number of unbranched alkanes of at least 4 members (excludes halogenated alkanes) is 1. The fourth-order valence-corrected chi connectivity index (χ4v) is 4.46. The summed E-state index contributed by atoms with van der Waals surface area (Å²) in [7, 11) is -6.85. The molecule has 0 unspecified atom stereocenters. The Kier molecular flexibility index (Phi) is 9.99. The van der Waals surface area contributed by atoms with Gasteiger partial charge in [-0.15, -0.1) is 0 Å². The largest absolute Gasteiger partial charge is 0.490 e. The summed E-state index contributed by atoms with van der Waals surface area (Å²) in [4.78, 5) is 28.6. The summed E-state index contributed by atoms with van der Waals surface area (Å²) < 4.78 is 78.8. The molecule has 0 aliphatic carbocycles. The molecule has 1 aromatic carbocycles. The van der Waals surface area contributed by atoms with E-state index in [1.807, 2.05) is 24.3 Å². The lowest BCUT2D eigenvalue weighted by Gasteiger charge is -2.06. The van der Waals surface area contributed by atoms with Gasteiger partial charge in [0, 0.05) is 35.8 Å². The van der Waals surface area contributed by atoms with Gasteiger partial charge in [-0.3, -0.25) is 9.52 Å². The predicted molar refractivity (Wildman–Crippen MR) is 134 cm³/mol. The van der Waals surface area contributed by atoms with Gasteiger partial charge in [-0.25, -0.2) is 31.8 Å². The first kappa shape index (κ1) is 30.7. The highest BCUT2D eigenvalue weighted by Gasteiger charge is 2.38. The molecule has 0 saturated heterocycles. The number of aliphatic carboxylic acids is 1. The molecule has 3 rings (SSSR count). The molecule has 38 heavy (non-hydrogen) atoms. The van der Waals surface area contributed by atoms with Crippen molar-refractivity contribution >= 4 is 48.5 Å². The standard InChI is InChI=1S/C20H24N4O5S2.C2HF3O2/c1-30(26,27)24-15-7-5-14(6-8-15)18-9-10-22-20-19(18)13-16(23-20)12-17(25)4-2-3-11-31(21,28)29;3-2(4,5)1(6)7/h5-10,13,24H,2-4,11-12H2,1H3,(H,22,23)(H2,21,28,29);(H,6,7). The number of carbonyl (C=O) groups is 2. The molecule has 0 spiro atoms. The zero-order valence-corrected chi connectivity index (χ0v) is 21.6. The third kappa shape index (κ3) is 10.5. The van der Waals surface area contributed by atoms with Crippen molar-refractivity contribution in [2.75, 3.05) is 16.7 Å². The van der Waals surface area contributed by atoms with E-state index < -0.39 is 32.2 Å². The van der Waals surface area contributed by atoms with Gasteiger partial charge in [-0.1, -0.05) is 12.1 Å². The minimum atomic E-state index is -5.08. The van der Waals surface area contributed by atoms with Gasteiger partial charge in [0.15, 0.2) is 0 Å². The Morgan fingerprint density at radius 1 is 1.08 bits per heavy atom. The fourth-order valence-electron chi connectivity index (χ4n) is 3.29. The first-order valence-corrected chi connectivity index (χ1v) is 14.4. The highest BCUT2D eigenvalue weighted by molar-refractivity contribution is 7.92. The van der Waals surface area contributed by atoms with Crippen molar-refractivity contribution in [3.63, 3.8) is 0 Å². The monoisotopic (exact) mass is 578 g/mol. The number of Topliss-reactive ketones (excluding diaryl/α,β-unsaturated/α-hetero) is 1. The number of aromatic nitrogens is 2. The highest BCUT2D eigenvalue weighted by Crippen LogP contribution is 2.29. The number of hydrogen-bond acceptors (Lipinski definition) is 7. The second-order valence-corrected chi connectivity index (χ2v) is 11.7. The maximum Gasteiger partial charge on any atom is 0.490 e. The van der Waals surface area contributed by atoms with Crippen LogP contribution in [0.1, 0.15) is 25.0 Å². The van der Waals surface area contributed by atoms with E-state index in [0.29, 0.717) is 24.2 Å². The van der Waals surface area contributed by atoms with Crippen molar-refractivity contribution in [1.82, 2.24) is 9.97 Å². The van der Waals surface area contributed by atoms with Crippen LogP contribution in [0.2, 0.25) is 0 Å². The summed E-state index contributed by atoms with van der Waals surface area (Å²) in [5.74, 6) is -2.88. The Morgan fingerprint density at radius 3 is 2.21 bits per heavy atom. The van der Waals surface area contributed by atoms with Gasteiger partial charge in [-0.05, 0) is 48.2 Å². The molecule has 208 valence electrons. The van der Waals surface area contributed by atoms with Crippen LogP contribution in [0.5, 0.6) is 0 Å². The lowest BCUT2D eigenvalue weighted by Crippen LogP contribution is -2.21. The number of hydrogen-bond donors (Lipinski definition) is 4. The number of sulfonamides is 2. The minimum Gasteiger partial charge on any atom is -0.475 e. The third-order valence-corrected chi connectivity index (χ3v) is 6.32. The van der Waals surface area contributed by atoms with Crippen LogP contribution in [0.3, 0.4) is 0 Å². The van der Waals surface area contributed by atoms with E-state index in [0.717, 1.165) is 28.5 Å². The van der Waals surface area contributed by atoms with Crippen LogP contribution in [0.4, 0.5) is 18.9 Å². The summed E-state index contributed by atoms with van der Waals surface area (Å²) >= 11 is 0. The molecule has 0 bridgehead atoms. The summed E-state index contributed by atoms with van der Waals surface area (Å²) in [5, 5.41) is 12.9. The van der Waals surface area contributed by atoms with E-state index in [2.05, 4.69) is 14.7 Å². The maximum atomic E-state index is 12.2. The van der Waals surface area contributed by atoms with Gasteiger partial charge in [0.05, 0.1) is 12.0 Å². The van der Waals surface area contributed by atoms with E-state index >= 15 is 0 Å². The quantitative estimate of drug-likeness (QED) is 0.264. The lowest BCUT2D eigenvalue weighted by atomic mass is 10.0. The second kappa shape index (κ2) is 12.4. The molecule has 2 aromatic heterocycles. The Bertz CT molecular complexity index is 1500. The number of H-pyrrole nitrogens is 1. The normalized spacial score (nSPS) is 12.0. The van der Waals surface area contributed by atoms with E-state index in [4.69, 9.17) is 15.0 Å². The SMILES string of the molecule is CS(=O)(=O)Nc1ccc(-c2ccnc3[nH]c(CC(=O)CCCCS(N)(=O)=O)cc23)cc1.O=C(O)C(F)(F)F. The Hall–Kier alpha value is -3.50. The number of carboxylic acids is 1. The number of nitrogens with zero attached hydrogens (tertiary/aromatic N) is 1. The summed E-state index contributed by atoms with van der Waals surface area (Å²) in [6.45, 7) is 0. The molecule has 0 radical (unpaired) electrons. The molecular formula is C22H25F3N4O7S2. The zero-order chi connectivity index (χ0) is 28.7. The number of rotatable bonds is 10. The number of carboxylic acid groups (broad SMARTS) is 1. The molecule has 0 aliphatic rings. The topological polar surface area (TPSA) is 189 Å². The second-order valence-electron chi connectivity index (χ2n) is 8.21. The van der Waals surface area contributed by atoms with Crippen LogP contribution < -0.4 is 9.86 Å². The summed E-state index contributed by atoms with van der Waals surface area (Å²) in [5.41, 5.74) is 3.62. The number of benzene rings is 1. The van der Waals surface area contributed by atoms with Gasteiger partial charge >= 0.3 is 12.1 Å². The highest BCUT2D eigenvalue weighted by atomic mass is 32.2. The molecule has 0 fully saturated rings. The van der Waals surface area contributed by atoms with Crippen molar-refractivity contribution in [2.45, 2.75) is 31.9 Å². The molecule has 16 heteroatoms. The molecule has 0 aliphatic heterocycles. The number of fused-ring (bicyclic) bond motifs is 1. The fraction of sp³-hybridized carbons (Fsp3) is 0.318. The van der Waals surface area contributed by atoms with Crippen LogP contribution in [0, 0.1) is 0 Å². The number of ketones is 1. The van der Waals surface area contributed by atoms with Gasteiger partial charge in [0.25, 0.3) is 0 Å². The van der Waals surface area contributed by atoms with Crippen LogP contribution in [0.15, 0.2) is 42.6 Å². The third-order valence-electron chi connectivity index (χ3n) is 4.85. The number of anilines is 1. The van der Waals surface area contributed by atoms with E-state index in [1.54, 1.807) is 18.3 Å². The van der Waals surface area contributed by atoms with E-state index in [-0.39, 0.29) is 24.4 Å². The van der Waals surface area contributed by atoms with Crippen molar-refractivity contribution in [3.05, 3.63) is 48.3 Å². The molecule has 0 atom stereocenters. The number of alkyl halides is 3. The summed E-state index contributed by atoms with van der Waals surface area (Å²) in [6, 6.07) is 10.7. The number of nitrogens with one attached hydrogen (secondary N) is 2. The van der Waals surface area contributed by atoms with E-state index in [9.17, 15) is 34.8 Å². The Morgan fingerprint density at radius 2 is 1.68 bits per heavy atom. The molecule has 2 heterocycles. The van der Waals surface area contributed by atoms with Crippen LogP contribution in [-0.2, 0) is 36.1 Å². The van der Waals surface area contributed by atoms with Crippen LogP contribution >= 0.6 is 0 Å². The molecule has 0 amide bonds. The number of primary sulfonamides is 1. The Balaban J connectivity index is 0.000000638. The molecule has 0 saturated carbocycles. The average molecular weight is 579 g/mol. The average Bonchev–Trinajstić information content (AvgIpc) is 3.18. The number of nitrogens with two attached hydrogens (primary N) is 1. The van der Waals surface area contributed by atoms with Crippen molar-refractivity contribution in [2.24, 2.45) is 5.14 Å². The van der Waals surface area contributed by atoms with Gasteiger partial charge in [0.1, 0.15) is 11.4 Å². The maximum absolute atomic E-state index is 12.2. The van der Waals surface area contributed by atoms with Crippen molar-refractivity contribution in [3.8, 4) is 11.1 Å². The number of halogens is 3. The molecule has 5 N–H and O–H groups in total. The molecule has 3 aromatic rings. The van der Waals surface area contributed by atoms with Gasteiger partial charge < -0.3 is 10.1 Å². The molecule has 11 nitrogen and oxygen atoms in total. The first-order chi connectivity index (χ1) is 17.4. The lowest BCUT2D eigenvalue weighted by molar-refractivity contribution is -0.192. The van der Waals surface area contributed by atoms with Crippen LogP contribution in [-0.4, -0.2) is 61.8 Å². The number of carbonyl (C=O) groups excluding carboxylic acids is 1. The van der Waals surface area contributed by atoms with Gasteiger partial charge in [0.2, 0.25) is 20.0 Å². The van der Waals surface area contributed by atoms with Gasteiger partial charge in [-0.2, -0.15) is 13.2 Å². The Labute approximate surface area is 216 Å². The number of aromatic amines is 1. The smallest absolute Gasteiger partial charge is 0.475 e. The van der Waals surface area contributed by atoms with Crippen LogP contribution in [0.25, 0.3) is 22.2 Å².